The predicted octanol–water partition coefficient (Wildman–Crippen LogP) is 3.61. The first kappa shape index (κ1) is 29.2. The summed E-state index contributed by atoms with van der Waals surface area (Å²) in [5.74, 6) is 0.608. The van der Waals surface area contributed by atoms with E-state index in [0.29, 0.717) is 9.54 Å². The molecule has 1 fully saturated rings. The third-order valence-electron chi connectivity index (χ3n) is 9.93. The third kappa shape index (κ3) is 4.55. The normalized spacial score (nSPS) is 22.6. The Balaban J connectivity index is 0.00000154. The topological polar surface area (TPSA) is 0 Å². The van der Waals surface area contributed by atoms with E-state index in [9.17, 15) is 0 Å². The molecule has 0 radical (unpaired) electrons. The fraction of sp³-hybridized carbons (Fsp3) is 0.417. The zero-order chi connectivity index (χ0) is 25.7. The SMILES string of the molecule is CC1=CC(C)[C]([Zr+2](=[C]2CCCCC2)[CH]2c3cc4c(cc3-c3cc5c(cc32)C(C)(C)C=C5)C=CC4(C)C)=C1.[Cl-].[Cl-]. The monoisotopic (exact) mass is 632 g/mol. The van der Waals surface area contributed by atoms with Gasteiger partial charge in [0, 0.05) is 0 Å². The zero-order valence-electron chi connectivity index (χ0n) is 24.2. The second-order valence-corrected chi connectivity index (χ2v) is 20.1. The average molecular weight is 635 g/mol. The van der Waals surface area contributed by atoms with Gasteiger partial charge < -0.3 is 24.8 Å². The van der Waals surface area contributed by atoms with Crippen LogP contribution in [0, 0.1) is 5.92 Å². The van der Waals surface area contributed by atoms with E-state index in [2.05, 4.69) is 102 Å². The summed E-state index contributed by atoms with van der Waals surface area (Å²) < 4.78 is 4.47. The van der Waals surface area contributed by atoms with Gasteiger partial charge in [0.05, 0.1) is 0 Å². The second-order valence-electron chi connectivity index (χ2n) is 13.5. The summed E-state index contributed by atoms with van der Waals surface area (Å²) >= 11 is -2.25. The second kappa shape index (κ2) is 10.2. The van der Waals surface area contributed by atoms with Crippen LogP contribution in [0.25, 0.3) is 23.3 Å². The van der Waals surface area contributed by atoms with E-state index in [1.165, 1.54) is 71.1 Å². The van der Waals surface area contributed by atoms with E-state index in [1.807, 2.05) is 6.49 Å². The summed E-state index contributed by atoms with van der Waals surface area (Å²) in [5.41, 5.74) is 14.1. The number of halogens is 2. The summed E-state index contributed by atoms with van der Waals surface area (Å²) in [6, 6.07) is 10.5. The maximum absolute atomic E-state index is 2.67. The minimum Gasteiger partial charge on any atom is -1.00 e. The minimum atomic E-state index is -2.25. The van der Waals surface area contributed by atoms with Gasteiger partial charge >= 0.3 is 233 Å². The van der Waals surface area contributed by atoms with Crippen LogP contribution < -0.4 is 24.8 Å². The van der Waals surface area contributed by atoms with Crippen LogP contribution in [-0.2, 0) is 32.1 Å². The number of benzene rings is 2. The van der Waals surface area contributed by atoms with E-state index >= 15 is 0 Å². The molecule has 0 aliphatic heterocycles. The van der Waals surface area contributed by atoms with Crippen molar-refractivity contribution in [3.63, 3.8) is 0 Å². The van der Waals surface area contributed by atoms with Crippen molar-refractivity contribution in [1.82, 2.24) is 0 Å². The Labute approximate surface area is 255 Å². The first-order valence-corrected chi connectivity index (χ1v) is 18.4. The van der Waals surface area contributed by atoms with Crippen LogP contribution in [0.4, 0.5) is 0 Å². The number of fused-ring (bicyclic) bond motifs is 5. The molecule has 0 amide bonds. The molecule has 0 bridgehead atoms. The summed E-state index contributed by atoms with van der Waals surface area (Å²) in [7, 11) is 0. The van der Waals surface area contributed by atoms with Crippen LogP contribution in [0.15, 0.2) is 57.4 Å². The molecule has 0 heterocycles. The van der Waals surface area contributed by atoms with Crippen molar-refractivity contribution >= 4 is 15.4 Å². The van der Waals surface area contributed by atoms with Crippen LogP contribution in [0.1, 0.15) is 111 Å². The largest absolute Gasteiger partial charge is 1.00 e. The van der Waals surface area contributed by atoms with Gasteiger partial charge in [-0.25, -0.2) is 0 Å². The van der Waals surface area contributed by atoms with E-state index in [-0.39, 0.29) is 35.6 Å². The van der Waals surface area contributed by atoms with E-state index in [4.69, 9.17) is 0 Å². The van der Waals surface area contributed by atoms with Gasteiger partial charge in [-0.3, -0.25) is 0 Å². The maximum Gasteiger partial charge on any atom is -1.00 e. The van der Waals surface area contributed by atoms with Crippen molar-refractivity contribution in [2.24, 2.45) is 5.92 Å². The van der Waals surface area contributed by atoms with Crippen LogP contribution in [0.2, 0.25) is 0 Å². The Hall–Kier alpha value is -1.27. The standard InChI is InChI=1S/C23H21.C7H9.C6H10.2ClH.Zr/c1-22(2)7-5-14-10-18-16(12-20(14)22)9-17-13-21-15(11-19(17)18)6-8-23(21,3)4;1-6-3-4-7(2)5-6;1-2-4-6-5-3-1;;;/h5-13H,1-4H3;3,5,7H,1-2H3;1-5H2;2*1H;/q;;;;;+2/p-2. The molecule has 2 aromatic rings. The van der Waals surface area contributed by atoms with Crippen LogP contribution in [0.3, 0.4) is 0 Å². The Bertz CT molecular complexity index is 1440. The third-order valence-corrected chi connectivity index (χ3v) is 19.0. The predicted molar refractivity (Wildman–Crippen MR) is 157 cm³/mol. The fourth-order valence-corrected chi connectivity index (χ4v) is 18.0. The van der Waals surface area contributed by atoms with Crippen molar-refractivity contribution < 1.29 is 46.1 Å². The van der Waals surface area contributed by atoms with Gasteiger partial charge in [-0.2, -0.15) is 0 Å². The molecule has 202 valence electrons. The van der Waals surface area contributed by atoms with E-state index in [1.54, 1.807) is 11.1 Å². The molecule has 2 aromatic carbocycles. The number of hydrogen-bond donors (Lipinski definition) is 0. The van der Waals surface area contributed by atoms with Crippen LogP contribution in [-0.4, -0.2) is 3.21 Å². The van der Waals surface area contributed by atoms with Gasteiger partial charge in [0.15, 0.2) is 0 Å². The molecule has 1 atom stereocenters. The summed E-state index contributed by atoms with van der Waals surface area (Å²) in [6.07, 6.45) is 21.8. The molecule has 7 rings (SSSR count). The molecule has 5 aliphatic rings. The smallest absolute Gasteiger partial charge is 1.00 e. The Morgan fingerprint density at radius 2 is 1.26 bits per heavy atom. The minimum absolute atomic E-state index is 0. The van der Waals surface area contributed by atoms with E-state index < -0.39 is 21.3 Å². The van der Waals surface area contributed by atoms with Gasteiger partial charge in [0.1, 0.15) is 0 Å². The Morgan fingerprint density at radius 1 is 0.744 bits per heavy atom. The van der Waals surface area contributed by atoms with Gasteiger partial charge in [-0.05, 0) is 0 Å². The quantitative estimate of drug-likeness (QED) is 0.474. The Kier molecular flexibility index (Phi) is 7.66. The Morgan fingerprint density at radius 3 is 1.72 bits per heavy atom. The number of rotatable bonds is 2. The molecule has 3 heteroatoms. The van der Waals surface area contributed by atoms with Crippen molar-refractivity contribution in [3.05, 3.63) is 90.8 Å². The summed E-state index contributed by atoms with van der Waals surface area (Å²) in [6.45, 7) is 14.4. The fourth-order valence-electron chi connectivity index (χ4n) is 7.91. The van der Waals surface area contributed by atoms with Crippen LogP contribution in [0.5, 0.6) is 0 Å². The van der Waals surface area contributed by atoms with Gasteiger partial charge in [0.2, 0.25) is 0 Å². The summed E-state index contributed by atoms with van der Waals surface area (Å²) in [5, 5.41) is 0. The molecule has 1 unspecified atom stereocenters. The first-order chi connectivity index (χ1) is 17.6. The van der Waals surface area contributed by atoms with Gasteiger partial charge in [0.25, 0.3) is 0 Å². The molecule has 0 N–H and O–H groups in total. The number of allylic oxidation sites excluding steroid dienone is 6. The molecule has 0 saturated heterocycles. The molecular formula is C36H40Cl2Zr. The molecular weight excluding hydrogens is 595 g/mol. The van der Waals surface area contributed by atoms with E-state index in [0.717, 1.165) is 0 Å². The van der Waals surface area contributed by atoms with Gasteiger partial charge in [-0.15, -0.1) is 0 Å². The van der Waals surface area contributed by atoms with Crippen molar-refractivity contribution in [1.29, 1.82) is 0 Å². The molecule has 39 heavy (non-hydrogen) atoms. The van der Waals surface area contributed by atoms with Crippen molar-refractivity contribution in [2.45, 2.75) is 88.1 Å². The molecule has 0 aromatic heterocycles. The zero-order valence-corrected chi connectivity index (χ0v) is 28.2. The average Bonchev–Trinajstić information content (AvgIpc) is 3.55. The number of hydrogen-bond acceptors (Lipinski definition) is 0. The maximum atomic E-state index is 2.67. The van der Waals surface area contributed by atoms with Gasteiger partial charge in [-0.1, -0.05) is 0 Å². The molecule has 1 saturated carbocycles. The first-order valence-electron chi connectivity index (χ1n) is 14.5. The molecule has 0 spiro atoms. The van der Waals surface area contributed by atoms with Crippen molar-refractivity contribution in [2.75, 3.05) is 0 Å². The van der Waals surface area contributed by atoms with Crippen LogP contribution >= 0.6 is 0 Å². The molecule has 5 aliphatic carbocycles. The molecule has 0 nitrogen and oxygen atoms in total. The van der Waals surface area contributed by atoms with Crippen molar-refractivity contribution in [3.8, 4) is 11.1 Å². The summed E-state index contributed by atoms with van der Waals surface area (Å²) in [4.78, 5) is 0.